The Balaban J connectivity index is 1.49. The van der Waals surface area contributed by atoms with E-state index in [0.29, 0.717) is 23.5 Å². The monoisotopic (exact) mass is 945 g/mol. The quantitative estimate of drug-likeness (QED) is 0.0685. The van der Waals surface area contributed by atoms with Gasteiger partial charge in [0, 0.05) is 53.2 Å². The Morgan fingerprint density at radius 3 is 2.05 bits per heavy atom. The molecule has 1 aliphatic heterocycles. The summed E-state index contributed by atoms with van der Waals surface area (Å²) in [5, 5.41) is 17.3. The van der Waals surface area contributed by atoms with Gasteiger partial charge in [-0.1, -0.05) is 108 Å². The van der Waals surface area contributed by atoms with E-state index in [1.165, 1.54) is 30.7 Å². The number of hydrogen-bond acceptors (Lipinski definition) is 8. The molecule has 4 amide bonds. The number of anilines is 4. The molecule has 1 aliphatic rings. The molecule has 15 heteroatoms. The van der Waals surface area contributed by atoms with Crippen LogP contribution in [0.5, 0.6) is 5.75 Å². The number of carbonyl (C=O) groups excluding carboxylic acids is 4. The predicted octanol–water partition coefficient (Wildman–Crippen LogP) is 11.5. The van der Waals surface area contributed by atoms with Crippen LogP contribution >= 0.6 is 34.8 Å². The van der Waals surface area contributed by atoms with Gasteiger partial charge in [0.25, 0.3) is 17.5 Å². The molecule has 2 unspecified atom stereocenters. The maximum absolute atomic E-state index is 14.7. The molecule has 0 saturated heterocycles. The lowest BCUT2D eigenvalue weighted by Crippen LogP contribution is -2.67. The highest BCUT2D eigenvalue weighted by Gasteiger charge is 2.55. The SMILES string of the molecule is CCCCC(Oc1ccc(C(C)(C)CC)cc1C(C)(C)CC)C(=O)Nc1cccc(C(=O)NC2=NN(c3c(Cl)cc(Cl)cc3Cl)C(=O)C2(NC(C)=O)Nc2ccc(N(CC)CC)cc2)c1. The van der Waals surface area contributed by atoms with Crippen LogP contribution in [0.15, 0.2) is 84.0 Å². The van der Waals surface area contributed by atoms with Crippen molar-refractivity contribution in [3.8, 4) is 5.75 Å². The van der Waals surface area contributed by atoms with Gasteiger partial charge in [0.2, 0.25) is 5.91 Å². The fourth-order valence-corrected chi connectivity index (χ4v) is 8.45. The summed E-state index contributed by atoms with van der Waals surface area (Å²) >= 11 is 19.4. The summed E-state index contributed by atoms with van der Waals surface area (Å²) in [6.45, 7) is 22.1. The molecule has 65 heavy (non-hydrogen) atoms. The maximum atomic E-state index is 14.7. The summed E-state index contributed by atoms with van der Waals surface area (Å²) in [6.07, 6.45) is 3.09. The molecule has 0 aliphatic carbocycles. The van der Waals surface area contributed by atoms with Crippen LogP contribution in [0.3, 0.4) is 0 Å². The first-order valence-corrected chi connectivity index (χ1v) is 23.4. The summed E-state index contributed by atoms with van der Waals surface area (Å²) in [5.74, 6) is -2.12. The van der Waals surface area contributed by atoms with Gasteiger partial charge in [-0.25, -0.2) is 0 Å². The molecule has 0 spiro atoms. The number of nitrogens with zero attached hydrogens (tertiary/aromatic N) is 3. The first-order valence-electron chi connectivity index (χ1n) is 22.3. The minimum absolute atomic E-state index is 0.0000969. The molecule has 4 aromatic rings. The lowest BCUT2D eigenvalue weighted by molar-refractivity contribution is -0.127. The Bertz CT molecular complexity index is 2400. The number of amides is 4. The zero-order valence-corrected chi connectivity index (χ0v) is 41.3. The van der Waals surface area contributed by atoms with Crippen LogP contribution in [0.4, 0.5) is 22.7 Å². The van der Waals surface area contributed by atoms with Crippen molar-refractivity contribution < 1.29 is 23.9 Å². The van der Waals surface area contributed by atoms with E-state index in [1.807, 2.05) is 32.0 Å². The Kier molecular flexibility index (Phi) is 16.6. The first kappa shape index (κ1) is 50.7. The van der Waals surface area contributed by atoms with Crippen molar-refractivity contribution in [2.45, 2.75) is 124 Å². The van der Waals surface area contributed by atoms with Crippen LogP contribution < -0.4 is 35.9 Å². The minimum atomic E-state index is -2.16. The van der Waals surface area contributed by atoms with E-state index in [1.54, 1.807) is 30.3 Å². The van der Waals surface area contributed by atoms with Crippen molar-refractivity contribution in [1.29, 1.82) is 0 Å². The predicted molar refractivity (Wildman–Crippen MR) is 266 cm³/mol. The summed E-state index contributed by atoms with van der Waals surface area (Å²) in [5.41, 5.74) is 1.65. The number of ether oxygens (including phenoxy) is 1. The molecule has 12 nitrogen and oxygen atoms in total. The standard InChI is InChI=1S/C50H62Cl3N7O5/c1-11-16-20-42(65-41-26-21-33(48(7,8)12-2)28-38(41)49(9,10)13-3)45(63)54-36-19-17-18-32(27-36)44(62)55-46-50(56-31(6)61,57-35-22-24-37(25-23-35)59(14-4)15-5)47(64)60(58-46)43-39(52)29-34(51)30-40(43)53/h17-19,21-30,42,57H,11-16,20H2,1-10H3,(H,54,63)(H,56,61)(H,55,58,62). The molecular weight excluding hydrogens is 885 g/mol. The third-order valence-electron chi connectivity index (χ3n) is 12.2. The number of hydrazone groups is 1. The second kappa shape index (κ2) is 21.3. The van der Waals surface area contributed by atoms with Gasteiger partial charge in [0.05, 0.1) is 10.0 Å². The third-order valence-corrected chi connectivity index (χ3v) is 13.0. The Morgan fingerprint density at radius 1 is 0.815 bits per heavy atom. The number of rotatable bonds is 19. The van der Waals surface area contributed by atoms with E-state index in [-0.39, 0.29) is 48.9 Å². The van der Waals surface area contributed by atoms with Gasteiger partial charge in [-0.05, 0) is 117 Å². The normalized spacial score (nSPS) is 15.6. The average molecular weight is 947 g/mol. The number of halogens is 3. The van der Waals surface area contributed by atoms with E-state index in [9.17, 15) is 19.2 Å². The van der Waals surface area contributed by atoms with Crippen molar-refractivity contribution in [3.05, 3.63) is 111 Å². The Morgan fingerprint density at radius 2 is 1.46 bits per heavy atom. The number of unbranched alkanes of at least 4 members (excludes halogenated alkanes) is 1. The molecule has 348 valence electrons. The molecule has 1 heterocycles. The van der Waals surface area contributed by atoms with Gasteiger partial charge in [-0.15, -0.1) is 5.10 Å². The van der Waals surface area contributed by atoms with Gasteiger partial charge in [-0.2, -0.15) is 5.01 Å². The molecule has 0 radical (unpaired) electrons. The molecule has 4 N–H and O–H groups in total. The first-order chi connectivity index (χ1) is 30.7. The molecule has 4 aromatic carbocycles. The van der Waals surface area contributed by atoms with E-state index in [4.69, 9.17) is 39.5 Å². The highest BCUT2D eigenvalue weighted by Crippen LogP contribution is 2.41. The molecule has 2 atom stereocenters. The smallest absolute Gasteiger partial charge is 0.302 e. The molecule has 0 fully saturated rings. The molecule has 5 rings (SSSR count). The summed E-state index contributed by atoms with van der Waals surface area (Å²) in [7, 11) is 0. The second-order valence-corrected chi connectivity index (χ2v) is 18.8. The summed E-state index contributed by atoms with van der Waals surface area (Å²) < 4.78 is 6.64. The second-order valence-electron chi connectivity index (χ2n) is 17.5. The van der Waals surface area contributed by atoms with Crippen LogP contribution in [-0.4, -0.2) is 54.3 Å². The van der Waals surface area contributed by atoms with Crippen LogP contribution in [-0.2, 0) is 25.2 Å². The number of benzene rings is 4. The van der Waals surface area contributed by atoms with E-state index in [2.05, 4.69) is 91.9 Å². The number of carbonyl (C=O) groups is 4. The van der Waals surface area contributed by atoms with Gasteiger partial charge in [0.15, 0.2) is 11.9 Å². The lowest BCUT2D eigenvalue weighted by Gasteiger charge is -2.32. The zero-order chi connectivity index (χ0) is 47.9. The third kappa shape index (κ3) is 11.6. The van der Waals surface area contributed by atoms with Crippen molar-refractivity contribution in [3.63, 3.8) is 0 Å². The largest absolute Gasteiger partial charge is 0.480 e. The fraction of sp³-hybridized carbons (Fsp3) is 0.420. The summed E-state index contributed by atoms with van der Waals surface area (Å²) in [4.78, 5) is 58.3. The van der Waals surface area contributed by atoms with Crippen LogP contribution in [0, 0.1) is 0 Å². The zero-order valence-electron chi connectivity index (χ0n) is 39.0. The Hall–Kier alpha value is -5.30. The molecular formula is C50H62Cl3N7O5. The van der Waals surface area contributed by atoms with Crippen LogP contribution in [0.1, 0.15) is 123 Å². The van der Waals surface area contributed by atoms with E-state index in [0.717, 1.165) is 55.0 Å². The van der Waals surface area contributed by atoms with Crippen molar-refractivity contribution >= 4 is 87.0 Å². The molecule has 0 saturated carbocycles. The van der Waals surface area contributed by atoms with E-state index >= 15 is 0 Å². The minimum Gasteiger partial charge on any atom is -0.480 e. The highest BCUT2D eigenvalue weighted by atomic mass is 35.5. The van der Waals surface area contributed by atoms with Gasteiger partial charge in [-0.3, -0.25) is 19.2 Å². The molecule has 0 bridgehead atoms. The number of amidine groups is 1. The average Bonchev–Trinajstić information content (AvgIpc) is 3.50. The van der Waals surface area contributed by atoms with Gasteiger partial charge < -0.3 is 30.9 Å². The van der Waals surface area contributed by atoms with Crippen molar-refractivity contribution in [2.75, 3.05) is 33.6 Å². The maximum Gasteiger partial charge on any atom is 0.302 e. The number of hydrogen-bond donors (Lipinski definition) is 4. The lowest BCUT2D eigenvalue weighted by atomic mass is 9.76. The Labute approximate surface area is 398 Å². The van der Waals surface area contributed by atoms with Crippen LogP contribution in [0.2, 0.25) is 15.1 Å². The van der Waals surface area contributed by atoms with Gasteiger partial charge in [0.1, 0.15) is 11.4 Å². The van der Waals surface area contributed by atoms with E-state index < -0.39 is 29.5 Å². The number of nitrogens with one attached hydrogen (secondary N) is 4. The van der Waals surface area contributed by atoms with Gasteiger partial charge >= 0.3 is 5.91 Å². The molecule has 0 aromatic heterocycles. The summed E-state index contributed by atoms with van der Waals surface area (Å²) in [6, 6.07) is 22.7. The highest BCUT2D eigenvalue weighted by molar-refractivity contribution is 6.43. The van der Waals surface area contributed by atoms with Crippen molar-refractivity contribution in [1.82, 2.24) is 10.6 Å². The van der Waals surface area contributed by atoms with Crippen molar-refractivity contribution in [2.24, 2.45) is 5.10 Å². The topological polar surface area (TPSA) is 144 Å². The fourth-order valence-electron chi connectivity index (χ4n) is 7.47. The van der Waals surface area contributed by atoms with Crippen LogP contribution in [0.25, 0.3) is 0 Å².